The van der Waals surface area contributed by atoms with Crippen LogP contribution in [0.4, 0.5) is 17.2 Å². The van der Waals surface area contributed by atoms with E-state index >= 15 is 0 Å². The number of fused-ring (bicyclic) bond motifs is 3. The third kappa shape index (κ3) is 6.54. The van der Waals surface area contributed by atoms with Crippen molar-refractivity contribution in [1.29, 1.82) is 0 Å². The maximum Gasteiger partial charge on any atom is 0.304 e. The van der Waals surface area contributed by atoms with Crippen LogP contribution in [-0.4, -0.2) is 86.1 Å². The molecule has 2 atom stereocenters. The highest BCUT2D eigenvalue weighted by molar-refractivity contribution is 8.16. The number of rotatable bonds is 11. The number of likely N-dealkylation sites (tertiary alicyclic amines) is 1. The van der Waals surface area contributed by atoms with Crippen LogP contribution < -0.4 is 10.2 Å². The summed E-state index contributed by atoms with van der Waals surface area (Å²) in [5, 5.41) is 23.5. The second-order valence-electron chi connectivity index (χ2n) is 12.8. The summed E-state index contributed by atoms with van der Waals surface area (Å²) in [7, 11) is 0. The van der Waals surface area contributed by atoms with Gasteiger partial charge in [0.2, 0.25) is 0 Å². The van der Waals surface area contributed by atoms with Gasteiger partial charge in [0.25, 0.3) is 5.91 Å². The van der Waals surface area contributed by atoms with Crippen molar-refractivity contribution in [2.45, 2.75) is 56.7 Å². The molecule has 10 nitrogen and oxygen atoms in total. The molecule has 3 N–H and O–H groups in total. The van der Waals surface area contributed by atoms with Crippen LogP contribution in [0.25, 0.3) is 22.0 Å². The summed E-state index contributed by atoms with van der Waals surface area (Å²) in [6, 6.07) is 16.7. The number of carboxylic acid groups (broad SMARTS) is 1. The van der Waals surface area contributed by atoms with Crippen molar-refractivity contribution in [2.75, 3.05) is 43.0 Å². The maximum atomic E-state index is 13.9. The SMILES string of the molecule is Cc1c(Nc2nccc3cc(CCCCO)cnc23)cccc1-c1cccc2c1CCN2C(=O)C1=NC2CCN(CCC(=O)O)CC2S1. The van der Waals surface area contributed by atoms with E-state index in [4.69, 9.17) is 20.2 Å². The second-order valence-corrected chi connectivity index (χ2v) is 14.0. The van der Waals surface area contributed by atoms with E-state index in [-0.39, 0.29) is 30.2 Å². The molecule has 1 saturated heterocycles. The van der Waals surface area contributed by atoms with E-state index in [1.165, 1.54) is 0 Å². The number of benzene rings is 2. The third-order valence-electron chi connectivity index (χ3n) is 9.66. The molecule has 4 aromatic rings. The number of amides is 1. The number of aliphatic hydroxyl groups excluding tert-OH is 1. The van der Waals surface area contributed by atoms with Crippen LogP contribution in [0.3, 0.4) is 0 Å². The Morgan fingerprint density at radius 2 is 1.92 bits per heavy atom. The van der Waals surface area contributed by atoms with Gasteiger partial charge in [-0.25, -0.2) is 4.98 Å². The van der Waals surface area contributed by atoms with Crippen molar-refractivity contribution >= 4 is 56.8 Å². The van der Waals surface area contributed by atoms with Crippen molar-refractivity contribution in [3.63, 3.8) is 0 Å². The van der Waals surface area contributed by atoms with Gasteiger partial charge in [0.15, 0.2) is 10.9 Å². The number of aliphatic carboxylic acids is 1. The molecule has 0 saturated carbocycles. The van der Waals surface area contributed by atoms with Gasteiger partial charge >= 0.3 is 5.97 Å². The topological polar surface area (TPSA) is 131 Å². The summed E-state index contributed by atoms with van der Waals surface area (Å²) in [5.74, 6) is -0.126. The molecular weight excluding hydrogens is 625 g/mol. The van der Waals surface area contributed by atoms with Crippen molar-refractivity contribution in [1.82, 2.24) is 14.9 Å². The molecule has 5 heterocycles. The van der Waals surface area contributed by atoms with Crippen molar-refractivity contribution in [3.05, 3.63) is 77.6 Å². The molecule has 1 amide bonds. The van der Waals surface area contributed by atoms with Crippen LogP contribution in [0.5, 0.6) is 0 Å². The molecule has 0 bridgehead atoms. The minimum atomic E-state index is -0.784. The maximum absolute atomic E-state index is 13.9. The Bertz CT molecular complexity index is 1900. The molecule has 1 fully saturated rings. The van der Waals surface area contributed by atoms with E-state index in [2.05, 4.69) is 46.4 Å². The molecular formula is C37H40N6O4S. The molecule has 3 aliphatic heterocycles. The highest BCUT2D eigenvalue weighted by atomic mass is 32.2. The second kappa shape index (κ2) is 14.0. The number of carbonyl (C=O) groups is 2. The average molecular weight is 665 g/mol. The van der Waals surface area contributed by atoms with Crippen molar-refractivity contribution in [3.8, 4) is 11.1 Å². The lowest BCUT2D eigenvalue weighted by Crippen LogP contribution is -2.43. The Balaban J connectivity index is 1.09. The van der Waals surface area contributed by atoms with Crippen LogP contribution in [0.1, 0.15) is 42.4 Å². The van der Waals surface area contributed by atoms with Gasteiger partial charge in [-0.1, -0.05) is 36.0 Å². The summed E-state index contributed by atoms with van der Waals surface area (Å²) >= 11 is 1.55. The van der Waals surface area contributed by atoms with Crippen LogP contribution in [0, 0.1) is 6.92 Å². The predicted octanol–water partition coefficient (Wildman–Crippen LogP) is 5.62. The van der Waals surface area contributed by atoms with Gasteiger partial charge in [-0.2, -0.15) is 0 Å². The first-order valence-electron chi connectivity index (χ1n) is 16.7. The number of carboxylic acids is 1. The predicted molar refractivity (Wildman–Crippen MR) is 191 cm³/mol. The number of aryl methyl sites for hydroxylation is 1. The van der Waals surface area contributed by atoms with Gasteiger partial charge in [-0.3, -0.25) is 19.6 Å². The molecule has 11 heteroatoms. The fourth-order valence-corrected chi connectivity index (χ4v) is 8.43. The van der Waals surface area contributed by atoms with Crippen molar-refractivity contribution in [2.24, 2.45) is 4.99 Å². The Hall–Kier alpha value is -4.32. The third-order valence-corrected chi connectivity index (χ3v) is 10.9. The summed E-state index contributed by atoms with van der Waals surface area (Å²) in [5.41, 5.74) is 8.30. The van der Waals surface area contributed by atoms with E-state index in [0.29, 0.717) is 24.0 Å². The molecule has 0 spiro atoms. The number of hydrogen-bond acceptors (Lipinski definition) is 9. The zero-order valence-corrected chi connectivity index (χ0v) is 27.9. The van der Waals surface area contributed by atoms with Crippen molar-refractivity contribution < 1.29 is 19.8 Å². The van der Waals surface area contributed by atoms with Gasteiger partial charge in [-0.15, -0.1) is 0 Å². The minimum Gasteiger partial charge on any atom is -0.481 e. The first kappa shape index (κ1) is 32.2. The smallest absolute Gasteiger partial charge is 0.304 e. The lowest BCUT2D eigenvalue weighted by molar-refractivity contribution is -0.137. The van der Waals surface area contributed by atoms with E-state index in [1.54, 1.807) is 18.0 Å². The van der Waals surface area contributed by atoms with Gasteiger partial charge in [0.05, 0.1) is 12.5 Å². The molecule has 48 heavy (non-hydrogen) atoms. The van der Waals surface area contributed by atoms with Crippen LogP contribution >= 0.6 is 11.8 Å². The number of aliphatic hydroxyl groups is 1. The van der Waals surface area contributed by atoms with Crippen LogP contribution in [0.15, 0.2) is 65.9 Å². The highest BCUT2D eigenvalue weighted by Gasteiger charge is 2.40. The Labute approximate surface area is 284 Å². The number of carbonyl (C=O) groups excluding carboxylic acids is 1. The number of hydrogen-bond donors (Lipinski definition) is 3. The first-order chi connectivity index (χ1) is 23.4. The molecule has 0 aliphatic carbocycles. The van der Waals surface area contributed by atoms with Gasteiger partial charge in [-0.05, 0) is 91.1 Å². The molecule has 0 radical (unpaired) electrons. The lowest BCUT2D eigenvalue weighted by Gasteiger charge is -2.32. The largest absolute Gasteiger partial charge is 0.481 e. The van der Waals surface area contributed by atoms with E-state index in [1.807, 2.05) is 35.4 Å². The number of piperidine rings is 1. The summed E-state index contributed by atoms with van der Waals surface area (Å²) in [6.45, 7) is 5.01. The monoisotopic (exact) mass is 664 g/mol. The number of nitrogens with zero attached hydrogens (tertiary/aromatic N) is 5. The first-order valence-corrected chi connectivity index (χ1v) is 17.6. The minimum absolute atomic E-state index is 0.0411. The quantitative estimate of drug-likeness (QED) is 0.175. The Morgan fingerprint density at radius 1 is 1.06 bits per heavy atom. The number of anilines is 3. The normalized spacial score (nSPS) is 18.9. The number of aromatic nitrogens is 2. The van der Waals surface area contributed by atoms with E-state index < -0.39 is 5.97 Å². The number of unbranched alkanes of at least 4 members (excludes halogenated alkanes) is 1. The number of aliphatic imine (C=N–C) groups is 1. The molecule has 248 valence electrons. The number of nitrogens with one attached hydrogen (secondary N) is 1. The molecule has 2 aromatic heterocycles. The highest BCUT2D eigenvalue weighted by Crippen LogP contribution is 2.41. The fourth-order valence-electron chi connectivity index (χ4n) is 7.10. The molecule has 2 aromatic carbocycles. The summed E-state index contributed by atoms with van der Waals surface area (Å²) in [6.07, 6.45) is 8.02. The lowest BCUT2D eigenvalue weighted by atomic mass is 9.93. The summed E-state index contributed by atoms with van der Waals surface area (Å²) < 4.78 is 0. The van der Waals surface area contributed by atoms with E-state index in [0.717, 1.165) is 95.3 Å². The summed E-state index contributed by atoms with van der Waals surface area (Å²) in [4.78, 5) is 43.2. The number of pyridine rings is 2. The zero-order valence-electron chi connectivity index (χ0n) is 27.1. The van der Waals surface area contributed by atoms with Crippen LogP contribution in [-0.2, 0) is 22.4 Å². The molecule has 2 unspecified atom stereocenters. The van der Waals surface area contributed by atoms with E-state index in [9.17, 15) is 9.59 Å². The molecule has 7 rings (SSSR count). The van der Waals surface area contributed by atoms with Gasteiger partial charge in [0.1, 0.15) is 5.52 Å². The van der Waals surface area contributed by atoms with Gasteiger partial charge in [0, 0.05) is 67.2 Å². The van der Waals surface area contributed by atoms with Gasteiger partial charge < -0.3 is 25.3 Å². The number of thioether (sulfide) groups is 1. The fraction of sp³-hybridized carbons (Fsp3) is 0.378. The molecule has 3 aliphatic rings. The zero-order chi connectivity index (χ0) is 33.2. The standard InChI is InChI=1S/C37H40N6O4S/c1-23-26(7-4-9-29(23)40-35-34-25(11-15-38-35)20-24(21-39-34)6-2-3-19-44)27-8-5-10-31-28(27)12-18-43(31)37(47)36-41-30-13-16-42(17-14-33(45)46)22-32(30)48-36/h4-5,7-11,15,20-21,30,32,44H,2-3,6,12-14,16-19,22H2,1H3,(H,38,40)(H,45,46). The Kier molecular flexibility index (Phi) is 9.43. The average Bonchev–Trinajstić information content (AvgIpc) is 3.73. The Morgan fingerprint density at radius 3 is 2.77 bits per heavy atom. The van der Waals surface area contributed by atoms with Crippen LogP contribution in [0.2, 0.25) is 0 Å².